The van der Waals surface area contributed by atoms with Crippen LogP contribution in [0.4, 0.5) is 4.39 Å². The molecular formula is C16H25FN4O2. The Kier molecular flexibility index (Phi) is 8.67. The van der Waals surface area contributed by atoms with Gasteiger partial charge in [0.15, 0.2) is 5.96 Å². The average molecular weight is 324 g/mol. The lowest BCUT2D eigenvalue weighted by Gasteiger charge is -2.08. The van der Waals surface area contributed by atoms with E-state index in [9.17, 15) is 9.18 Å². The monoisotopic (exact) mass is 324 g/mol. The fourth-order valence-electron chi connectivity index (χ4n) is 1.77. The second-order valence-electron chi connectivity index (χ2n) is 4.96. The molecule has 1 amide bonds. The van der Waals surface area contributed by atoms with Crippen LogP contribution in [-0.4, -0.2) is 44.7 Å². The van der Waals surface area contributed by atoms with E-state index < -0.39 is 0 Å². The molecule has 7 heteroatoms. The Morgan fingerprint density at radius 3 is 2.78 bits per heavy atom. The maximum Gasteiger partial charge on any atom is 0.251 e. The molecule has 0 atom stereocenters. The number of guanidine groups is 1. The SMILES string of the molecule is CCOCCCN=C(N)NCCNC(=O)c1ccc(C)c(F)c1. The van der Waals surface area contributed by atoms with Crippen LogP contribution < -0.4 is 16.4 Å². The highest BCUT2D eigenvalue weighted by molar-refractivity contribution is 5.94. The number of amides is 1. The first-order valence-electron chi connectivity index (χ1n) is 7.70. The third-order valence-electron chi connectivity index (χ3n) is 3.08. The van der Waals surface area contributed by atoms with Gasteiger partial charge < -0.3 is 21.1 Å². The van der Waals surface area contributed by atoms with E-state index in [-0.39, 0.29) is 11.7 Å². The average Bonchev–Trinajstić information content (AvgIpc) is 2.53. The summed E-state index contributed by atoms with van der Waals surface area (Å²) in [4.78, 5) is 16.0. The normalized spacial score (nSPS) is 11.3. The number of benzene rings is 1. The van der Waals surface area contributed by atoms with Crippen LogP contribution in [0, 0.1) is 12.7 Å². The summed E-state index contributed by atoms with van der Waals surface area (Å²) >= 11 is 0. The van der Waals surface area contributed by atoms with Crippen molar-refractivity contribution in [1.29, 1.82) is 0 Å². The minimum absolute atomic E-state index is 0.297. The Bertz CT molecular complexity index is 535. The Labute approximate surface area is 136 Å². The van der Waals surface area contributed by atoms with Gasteiger partial charge in [-0.05, 0) is 38.0 Å². The lowest BCUT2D eigenvalue weighted by molar-refractivity contribution is 0.0954. The van der Waals surface area contributed by atoms with E-state index in [1.165, 1.54) is 6.07 Å². The quantitative estimate of drug-likeness (QED) is 0.362. The Morgan fingerprint density at radius 1 is 1.35 bits per heavy atom. The summed E-state index contributed by atoms with van der Waals surface area (Å²) in [5.41, 5.74) is 6.50. The highest BCUT2D eigenvalue weighted by Gasteiger charge is 2.07. The molecule has 1 rings (SSSR count). The van der Waals surface area contributed by atoms with Gasteiger partial charge in [0.25, 0.3) is 5.91 Å². The van der Waals surface area contributed by atoms with Crippen molar-refractivity contribution in [3.63, 3.8) is 0 Å². The van der Waals surface area contributed by atoms with Crippen LogP contribution in [0.15, 0.2) is 23.2 Å². The van der Waals surface area contributed by atoms with Crippen molar-refractivity contribution in [2.24, 2.45) is 10.7 Å². The van der Waals surface area contributed by atoms with Crippen LogP contribution in [0.25, 0.3) is 0 Å². The number of halogens is 1. The van der Waals surface area contributed by atoms with Crippen molar-refractivity contribution in [3.8, 4) is 0 Å². The summed E-state index contributed by atoms with van der Waals surface area (Å²) in [6.07, 6.45) is 0.811. The second kappa shape index (κ2) is 10.6. The zero-order valence-electron chi connectivity index (χ0n) is 13.7. The molecule has 0 bridgehead atoms. The molecule has 0 fully saturated rings. The fraction of sp³-hybridized carbons (Fsp3) is 0.500. The Morgan fingerprint density at radius 2 is 2.09 bits per heavy atom. The standard InChI is InChI=1S/C16H25FN4O2/c1-3-23-10-4-7-20-16(18)21-9-8-19-15(22)13-6-5-12(2)14(17)11-13/h5-6,11H,3-4,7-10H2,1-2H3,(H,19,22)(H3,18,20,21). The number of carbonyl (C=O) groups excluding carboxylic acids is 1. The maximum absolute atomic E-state index is 13.4. The zero-order valence-corrected chi connectivity index (χ0v) is 13.7. The molecule has 0 aliphatic heterocycles. The molecule has 0 radical (unpaired) electrons. The van der Waals surface area contributed by atoms with E-state index in [1.807, 2.05) is 6.92 Å². The number of aliphatic imine (C=N–C) groups is 1. The third kappa shape index (κ3) is 7.60. The van der Waals surface area contributed by atoms with Crippen LogP contribution in [0.2, 0.25) is 0 Å². The lowest BCUT2D eigenvalue weighted by atomic mass is 10.1. The van der Waals surface area contributed by atoms with Crippen molar-refractivity contribution in [3.05, 3.63) is 35.1 Å². The number of aryl methyl sites for hydroxylation is 1. The molecular weight excluding hydrogens is 299 g/mol. The number of nitrogens with two attached hydrogens (primary N) is 1. The Balaban J connectivity index is 2.22. The number of hydrogen-bond donors (Lipinski definition) is 3. The van der Waals surface area contributed by atoms with Gasteiger partial charge in [0.2, 0.25) is 0 Å². The van der Waals surface area contributed by atoms with E-state index in [0.717, 1.165) is 6.42 Å². The minimum Gasteiger partial charge on any atom is -0.382 e. The molecule has 0 saturated carbocycles. The summed E-state index contributed by atoms with van der Waals surface area (Å²) < 4.78 is 18.6. The lowest BCUT2D eigenvalue weighted by Crippen LogP contribution is -2.38. The molecule has 128 valence electrons. The van der Waals surface area contributed by atoms with E-state index in [4.69, 9.17) is 10.5 Å². The smallest absolute Gasteiger partial charge is 0.251 e. The van der Waals surface area contributed by atoms with Gasteiger partial charge in [0.05, 0.1) is 0 Å². The predicted molar refractivity (Wildman–Crippen MR) is 89.1 cm³/mol. The second-order valence-corrected chi connectivity index (χ2v) is 4.96. The van der Waals surface area contributed by atoms with Crippen molar-refractivity contribution in [1.82, 2.24) is 10.6 Å². The van der Waals surface area contributed by atoms with E-state index in [0.29, 0.717) is 49.9 Å². The number of nitrogens with one attached hydrogen (secondary N) is 2. The third-order valence-corrected chi connectivity index (χ3v) is 3.08. The summed E-state index contributed by atoms with van der Waals surface area (Å²) in [5, 5.41) is 5.59. The maximum atomic E-state index is 13.4. The van der Waals surface area contributed by atoms with Crippen LogP contribution in [0.1, 0.15) is 29.3 Å². The number of hydrogen-bond acceptors (Lipinski definition) is 3. The van der Waals surface area contributed by atoms with Gasteiger partial charge in [-0.2, -0.15) is 0 Å². The van der Waals surface area contributed by atoms with Crippen LogP contribution in [0.5, 0.6) is 0 Å². The number of carbonyl (C=O) groups is 1. The fourth-order valence-corrected chi connectivity index (χ4v) is 1.77. The van der Waals surface area contributed by atoms with Crippen molar-refractivity contribution in [2.45, 2.75) is 20.3 Å². The highest BCUT2D eigenvalue weighted by Crippen LogP contribution is 2.08. The molecule has 0 aliphatic carbocycles. The summed E-state index contributed by atoms with van der Waals surface area (Å²) in [7, 11) is 0. The molecule has 0 heterocycles. The van der Waals surface area contributed by atoms with Crippen molar-refractivity contribution >= 4 is 11.9 Å². The molecule has 4 N–H and O–H groups in total. The number of nitrogens with zero attached hydrogens (tertiary/aromatic N) is 1. The molecule has 23 heavy (non-hydrogen) atoms. The van der Waals surface area contributed by atoms with Gasteiger partial charge >= 0.3 is 0 Å². The molecule has 0 spiro atoms. The van der Waals surface area contributed by atoms with Crippen molar-refractivity contribution in [2.75, 3.05) is 32.8 Å². The number of ether oxygens (including phenoxy) is 1. The predicted octanol–water partition coefficient (Wildman–Crippen LogP) is 1.19. The molecule has 1 aromatic carbocycles. The highest BCUT2D eigenvalue weighted by atomic mass is 19.1. The van der Waals surface area contributed by atoms with E-state index in [2.05, 4.69) is 15.6 Å². The summed E-state index contributed by atoms with van der Waals surface area (Å²) in [5.74, 6) is -0.380. The van der Waals surface area contributed by atoms with E-state index in [1.54, 1.807) is 19.1 Å². The van der Waals surface area contributed by atoms with Crippen LogP contribution >= 0.6 is 0 Å². The molecule has 6 nitrogen and oxygen atoms in total. The van der Waals surface area contributed by atoms with Gasteiger partial charge in [-0.3, -0.25) is 9.79 Å². The molecule has 0 aromatic heterocycles. The van der Waals surface area contributed by atoms with Crippen molar-refractivity contribution < 1.29 is 13.9 Å². The van der Waals surface area contributed by atoms with Gasteiger partial charge in [0.1, 0.15) is 5.82 Å². The van der Waals surface area contributed by atoms with Gasteiger partial charge in [-0.25, -0.2) is 4.39 Å². The van der Waals surface area contributed by atoms with Gasteiger partial charge in [-0.15, -0.1) is 0 Å². The zero-order chi connectivity index (χ0) is 17.1. The topological polar surface area (TPSA) is 88.7 Å². The van der Waals surface area contributed by atoms with Crippen LogP contribution in [-0.2, 0) is 4.74 Å². The first-order chi connectivity index (χ1) is 11.0. The Hall–Kier alpha value is -2.15. The van der Waals surface area contributed by atoms with E-state index >= 15 is 0 Å². The molecule has 0 saturated heterocycles. The van der Waals surface area contributed by atoms with Gasteiger partial charge in [0, 0.05) is 38.4 Å². The summed E-state index contributed by atoms with van der Waals surface area (Å²) in [6.45, 7) is 6.35. The first kappa shape index (κ1) is 18.9. The first-order valence-corrected chi connectivity index (χ1v) is 7.70. The molecule has 0 unspecified atom stereocenters. The number of rotatable bonds is 9. The minimum atomic E-state index is -0.390. The largest absolute Gasteiger partial charge is 0.382 e. The molecule has 0 aliphatic rings. The van der Waals surface area contributed by atoms with Gasteiger partial charge in [-0.1, -0.05) is 6.07 Å². The molecule has 1 aromatic rings. The summed E-state index contributed by atoms with van der Waals surface area (Å²) in [6, 6.07) is 4.40. The van der Waals surface area contributed by atoms with Crippen LogP contribution in [0.3, 0.4) is 0 Å².